The van der Waals surface area contributed by atoms with Crippen LogP contribution in [0.3, 0.4) is 0 Å². The van der Waals surface area contributed by atoms with Gasteiger partial charge in [0.05, 0.1) is 18.5 Å². The lowest BCUT2D eigenvalue weighted by molar-refractivity contribution is 0.242. The van der Waals surface area contributed by atoms with Crippen LogP contribution in [0.2, 0.25) is 0 Å². The van der Waals surface area contributed by atoms with Crippen LogP contribution in [0, 0.1) is 31.4 Å². The Morgan fingerprint density at radius 2 is 1.84 bits per heavy atom. The molecule has 0 heterocycles. The molecule has 1 aliphatic carbocycles. The standard InChI is InChI=1S/C16H14F2.C11H22N2O/c1-11-9-14(12(2)16(18)10-11)6-3-13-4-7-15(17)8-5-13;1-3-11(8-14)13-9(2)12-7-10-5-4-6-10/h3-10H,1-2H3;10-14H,2-8H2,1H3/b6-3+;. The molecular weight excluding hydrogens is 406 g/mol. The van der Waals surface area contributed by atoms with E-state index in [4.69, 9.17) is 5.11 Å². The molecule has 0 bridgehead atoms. The Morgan fingerprint density at radius 1 is 1.16 bits per heavy atom. The van der Waals surface area contributed by atoms with E-state index in [1.807, 2.05) is 32.1 Å². The number of aliphatic hydroxyl groups is 1. The number of nitrogens with one attached hydrogen (secondary N) is 2. The van der Waals surface area contributed by atoms with Gasteiger partial charge in [0.25, 0.3) is 0 Å². The van der Waals surface area contributed by atoms with Gasteiger partial charge in [0, 0.05) is 6.54 Å². The second kappa shape index (κ2) is 13.0. The van der Waals surface area contributed by atoms with Crippen LogP contribution in [0.5, 0.6) is 0 Å². The van der Waals surface area contributed by atoms with Crippen LogP contribution in [-0.2, 0) is 0 Å². The lowest BCUT2D eigenvalue weighted by Crippen LogP contribution is -2.38. The lowest BCUT2D eigenvalue weighted by atomic mass is 9.85. The Bertz CT molecular complexity index is 885. The molecule has 32 heavy (non-hydrogen) atoms. The van der Waals surface area contributed by atoms with Crippen LogP contribution in [-0.4, -0.2) is 24.3 Å². The lowest BCUT2D eigenvalue weighted by Gasteiger charge is -2.27. The van der Waals surface area contributed by atoms with Crippen molar-refractivity contribution in [1.82, 2.24) is 10.6 Å². The van der Waals surface area contributed by atoms with E-state index in [9.17, 15) is 8.78 Å². The first-order chi connectivity index (χ1) is 15.3. The Balaban J connectivity index is 0.000000235. The van der Waals surface area contributed by atoms with Crippen LogP contribution < -0.4 is 10.6 Å². The van der Waals surface area contributed by atoms with Crippen molar-refractivity contribution in [1.29, 1.82) is 0 Å². The van der Waals surface area contributed by atoms with Gasteiger partial charge in [-0.2, -0.15) is 0 Å². The minimum atomic E-state index is -0.259. The van der Waals surface area contributed by atoms with E-state index < -0.39 is 0 Å². The summed E-state index contributed by atoms with van der Waals surface area (Å²) in [5.41, 5.74) is 3.24. The zero-order valence-corrected chi connectivity index (χ0v) is 19.4. The number of benzene rings is 2. The molecule has 1 saturated carbocycles. The molecule has 3 N–H and O–H groups in total. The highest BCUT2D eigenvalue weighted by atomic mass is 19.1. The summed E-state index contributed by atoms with van der Waals surface area (Å²) in [6, 6.07) is 9.77. The SMILES string of the molecule is C=C(NCC1CCC1)NC(CC)CO.Cc1cc(F)c(C)c(/C=C/c2ccc(F)cc2)c1. The van der Waals surface area contributed by atoms with Crippen molar-refractivity contribution in [3.8, 4) is 0 Å². The molecule has 0 aromatic heterocycles. The van der Waals surface area contributed by atoms with Gasteiger partial charge in [-0.1, -0.05) is 50.3 Å². The predicted molar refractivity (Wildman–Crippen MR) is 130 cm³/mol. The van der Waals surface area contributed by atoms with Crippen molar-refractivity contribution in [3.05, 3.63) is 82.7 Å². The molecule has 1 fully saturated rings. The third-order valence-electron chi connectivity index (χ3n) is 5.77. The van der Waals surface area contributed by atoms with Gasteiger partial charge < -0.3 is 15.7 Å². The van der Waals surface area contributed by atoms with Crippen molar-refractivity contribution in [3.63, 3.8) is 0 Å². The van der Waals surface area contributed by atoms with Gasteiger partial charge in [-0.15, -0.1) is 0 Å². The van der Waals surface area contributed by atoms with E-state index in [0.717, 1.165) is 41.4 Å². The Kier molecular flexibility index (Phi) is 10.4. The summed E-state index contributed by atoms with van der Waals surface area (Å²) in [7, 11) is 0. The Labute approximate surface area is 191 Å². The third-order valence-corrected chi connectivity index (χ3v) is 5.77. The maximum atomic E-state index is 13.5. The summed E-state index contributed by atoms with van der Waals surface area (Å²) in [6.07, 6.45) is 8.68. The van der Waals surface area contributed by atoms with Crippen LogP contribution >= 0.6 is 0 Å². The zero-order chi connectivity index (χ0) is 23.5. The molecule has 1 unspecified atom stereocenters. The molecular formula is C27H36F2N2O. The smallest absolute Gasteiger partial charge is 0.126 e. The van der Waals surface area contributed by atoms with E-state index in [1.165, 1.54) is 37.5 Å². The second-order valence-corrected chi connectivity index (χ2v) is 8.43. The van der Waals surface area contributed by atoms with Gasteiger partial charge in [0.1, 0.15) is 11.6 Å². The van der Waals surface area contributed by atoms with E-state index in [-0.39, 0.29) is 24.3 Å². The number of aliphatic hydroxyl groups excluding tert-OH is 1. The van der Waals surface area contributed by atoms with Gasteiger partial charge in [-0.25, -0.2) is 8.78 Å². The number of hydrogen-bond acceptors (Lipinski definition) is 3. The summed E-state index contributed by atoms with van der Waals surface area (Å²) < 4.78 is 26.3. The molecule has 0 aliphatic heterocycles. The molecule has 1 aliphatic rings. The summed E-state index contributed by atoms with van der Waals surface area (Å²) in [4.78, 5) is 0. The van der Waals surface area contributed by atoms with E-state index >= 15 is 0 Å². The quantitative estimate of drug-likeness (QED) is 0.420. The maximum Gasteiger partial charge on any atom is 0.126 e. The van der Waals surface area contributed by atoms with Crippen molar-refractivity contribution in [2.45, 2.75) is 52.5 Å². The molecule has 2 aromatic carbocycles. The molecule has 0 saturated heterocycles. The third kappa shape index (κ3) is 8.46. The Hall–Kier alpha value is -2.66. The second-order valence-electron chi connectivity index (χ2n) is 8.43. The molecule has 3 rings (SSSR count). The fourth-order valence-electron chi connectivity index (χ4n) is 3.31. The number of halogens is 2. The summed E-state index contributed by atoms with van der Waals surface area (Å²) in [5, 5.41) is 15.4. The molecule has 174 valence electrons. The Morgan fingerprint density at radius 3 is 2.41 bits per heavy atom. The highest BCUT2D eigenvalue weighted by Crippen LogP contribution is 2.25. The molecule has 0 radical (unpaired) electrons. The fourth-order valence-corrected chi connectivity index (χ4v) is 3.31. The number of hydrogen-bond donors (Lipinski definition) is 3. The van der Waals surface area contributed by atoms with Crippen LogP contribution in [0.25, 0.3) is 12.2 Å². The normalized spacial score (nSPS) is 14.3. The molecule has 0 amide bonds. The molecule has 5 heteroatoms. The van der Waals surface area contributed by atoms with Gasteiger partial charge >= 0.3 is 0 Å². The molecule has 1 atom stereocenters. The topological polar surface area (TPSA) is 44.3 Å². The van der Waals surface area contributed by atoms with Crippen molar-refractivity contribution < 1.29 is 13.9 Å². The summed E-state index contributed by atoms with van der Waals surface area (Å²) in [6.45, 7) is 10.7. The summed E-state index contributed by atoms with van der Waals surface area (Å²) >= 11 is 0. The first-order valence-corrected chi connectivity index (χ1v) is 11.3. The fraction of sp³-hybridized carbons (Fsp3) is 0.407. The predicted octanol–water partition coefficient (Wildman–Crippen LogP) is 5.96. The monoisotopic (exact) mass is 442 g/mol. The van der Waals surface area contributed by atoms with Crippen LogP contribution in [0.4, 0.5) is 8.78 Å². The number of rotatable bonds is 9. The molecule has 2 aromatic rings. The van der Waals surface area contributed by atoms with Gasteiger partial charge in [0.15, 0.2) is 0 Å². The zero-order valence-electron chi connectivity index (χ0n) is 19.4. The van der Waals surface area contributed by atoms with Crippen molar-refractivity contribution in [2.24, 2.45) is 5.92 Å². The average Bonchev–Trinajstić information content (AvgIpc) is 2.74. The van der Waals surface area contributed by atoms with E-state index in [2.05, 4.69) is 17.2 Å². The van der Waals surface area contributed by atoms with Gasteiger partial charge in [-0.05, 0) is 79.5 Å². The maximum absolute atomic E-state index is 13.5. The van der Waals surface area contributed by atoms with Crippen LogP contribution in [0.1, 0.15) is 54.9 Å². The molecule has 0 spiro atoms. The summed E-state index contributed by atoms with van der Waals surface area (Å²) in [5.74, 6) is 1.22. The van der Waals surface area contributed by atoms with Crippen molar-refractivity contribution in [2.75, 3.05) is 13.2 Å². The molecule has 3 nitrogen and oxygen atoms in total. The minimum Gasteiger partial charge on any atom is -0.394 e. The van der Waals surface area contributed by atoms with Gasteiger partial charge in [0.2, 0.25) is 0 Å². The van der Waals surface area contributed by atoms with Gasteiger partial charge in [-0.3, -0.25) is 0 Å². The first-order valence-electron chi connectivity index (χ1n) is 11.3. The first kappa shape index (κ1) is 25.6. The largest absolute Gasteiger partial charge is 0.394 e. The number of aryl methyl sites for hydroxylation is 1. The minimum absolute atomic E-state index is 0.136. The highest BCUT2D eigenvalue weighted by molar-refractivity contribution is 5.71. The highest BCUT2D eigenvalue weighted by Gasteiger charge is 2.17. The van der Waals surface area contributed by atoms with Crippen LogP contribution in [0.15, 0.2) is 48.8 Å². The van der Waals surface area contributed by atoms with E-state index in [1.54, 1.807) is 19.1 Å². The van der Waals surface area contributed by atoms with Crippen molar-refractivity contribution >= 4 is 12.2 Å². The average molecular weight is 443 g/mol. The van der Waals surface area contributed by atoms with E-state index in [0.29, 0.717) is 5.56 Å².